The largest absolute Gasteiger partial charge is 0.378 e. The van der Waals surface area contributed by atoms with Crippen molar-refractivity contribution in [3.63, 3.8) is 0 Å². The van der Waals surface area contributed by atoms with Crippen molar-refractivity contribution < 1.29 is 8.42 Å². The van der Waals surface area contributed by atoms with E-state index in [1.54, 1.807) is 49.1 Å². The summed E-state index contributed by atoms with van der Waals surface area (Å²) in [6, 6.07) is 18.5. The van der Waals surface area contributed by atoms with Crippen LogP contribution >= 0.6 is 0 Å². The predicted octanol–water partition coefficient (Wildman–Crippen LogP) is 3.68. The molecule has 0 radical (unpaired) electrons. The monoisotopic (exact) mass is 445 g/mol. The molecule has 32 heavy (non-hydrogen) atoms. The molecule has 0 saturated heterocycles. The first-order valence-electron chi connectivity index (χ1n) is 10.3. The Bertz CT molecular complexity index is 1400. The second-order valence-electron chi connectivity index (χ2n) is 7.95. The third kappa shape index (κ3) is 3.42. The molecule has 0 fully saturated rings. The summed E-state index contributed by atoms with van der Waals surface area (Å²) in [7, 11) is 0.216. The lowest BCUT2D eigenvalue weighted by molar-refractivity contribution is 0.588. The standard InChI is InChI=1S/C24H23N5O2S/c1-28(2)19-10-8-17(9-11-19)18-12-21-22(23-14-25-16-27-23)15-29(24(21)26-13-18)32(30,31)20-6-4-3-5-7-20/h3-13,15-16,23H,14H2,1-2H3,(H,25,27). The Balaban J connectivity index is 1.67. The van der Waals surface area contributed by atoms with Crippen LogP contribution in [0, 0.1) is 0 Å². The molecule has 1 atom stereocenters. The Kier molecular flexibility index (Phi) is 4.94. The summed E-state index contributed by atoms with van der Waals surface area (Å²) in [5.41, 5.74) is 4.32. The lowest BCUT2D eigenvalue weighted by Crippen LogP contribution is -2.15. The van der Waals surface area contributed by atoms with Crippen LogP contribution in [0.3, 0.4) is 0 Å². The van der Waals surface area contributed by atoms with Crippen molar-refractivity contribution in [3.8, 4) is 11.1 Å². The molecular formula is C24H23N5O2S. The third-order valence-electron chi connectivity index (χ3n) is 5.69. The molecule has 7 nitrogen and oxygen atoms in total. The van der Waals surface area contributed by atoms with Gasteiger partial charge in [0.25, 0.3) is 10.0 Å². The molecule has 0 bridgehead atoms. The van der Waals surface area contributed by atoms with Gasteiger partial charge >= 0.3 is 0 Å². The number of anilines is 1. The maximum atomic E-state index is 13.4. The molecule has 0 aliphatic carbocycles. The molecule has 8 heteroatoms. The van der Waals surface area contributed by atoms with Crippen LogP contribution in [-0.4, -0.2) is 44.4 Å². The van der Waals surface area contributed by atoms with Crippen LogP contribution in [0.15, 0.2) is 82.9 Å². The van der Waals surface area contributed by atoms with E-state index in [0.717, 1.165) is 27.8 Å². The molecule has 1 aliphatic rings. The van der Waals surface area contributed by atoms with Crippen LogP contribution in [0.1, 0.15) is 11.6 Å². The van der Waals surface area contributed by atoms with Crippen LogP contribution in [0.4, 0.5) is 5.69 Å². The molecule has 1 N–H and O–H groups in total. The number of hydrogen-bond acceptors (Lipinski definition) is 6. The Hall–Kier alpha value is -3.65. The number of nitrogens with one attached hydrogen (secondary N) is 1. The van der Waals surface area contributed by atoms with Gasteiger partial charge in [0.15, 0.2) is 5.65 Å². The zero-order valence-electron chi connectivity index (χ0n) is 17.8. The van der Waals surface area contributed by atoms with Gasteiger partial charge in [-0.05, 0) is 35.9 Å². The van der Waals surface area contributed by atoms with Gasteiger partial charge in [0, 0.05) is 48.7 Å². The summed E-state index contributed by atoms with van der Waals surface area (Å²) in [4.78, 5) is 11.1. The summed E-state index contributed by atoms with van der Waals surface area (Å²) in [5, 5.41) is 4.01. The van der Waals surface area contributed by atoms with E-state index in [9.17, 15) is 8.42 Å². The lowest BCUT2D eigenvalue weighted by atomic mass is 10.0. The van der Waals surface area contributed by atoms with Gasteiger partial charge in [0.05, 0.1) is 23.8 Å². The van der Waals surface area contributed by atoms with Gasteiger partial charge < -0.3 is 10.2 Å². The van der Waals surface area contributed by atoms with E-state index in [4.69, 9.17) is 0 Å². The number of fused-ring (bicyclic) bond motifs is 1. The molecule has 2 aromatic carbocycles. The maximum Gasteiger partial charge on any atom is 0.269 e. The highest BCUT2D eigenvalue weighted by molar-refractivity contribution is 7.90. The molecule has 1 aliphatic heterocycles. The second-order valence-corrected chi connectivity index (χ2v) is 9.76. The van der Waals surface area contributed by atoms with Gasteiger partial charge in [-0.1, -0.05) is 30.3 Å². The first kappa shape index (κ1) is 20.3. The van der Waals surface area contributed by atoms with E-state index < -0.39 is 10.0 Å². The number of benzene rings is 2. The summed E-state index contributed by atoms with van der Waals surface area (Å²) >= 11 is 0. The number of hydrogen-bond donors (Lipinski definition) is 1. The van der Waals surface area contributed by atoms with E-state index in [1.165, 1.54) is 3.97 Å². The highest BCUT2D eigenvalue weighted by Gasteiger charge is 2.26. The molecule has 162 valence electrons. The highest BCUT2D eigenvalue weighted by Crippen LogP contribution is 2.33. The predicted molar refractivity (Wildman–Crippen MR) is 128 cm³/mol. The normalized spacial score (nSPS) is 15.8. The molecular weight excluding hydrogens is 422 g/mol. The molecule has 2 aromatic heterocycles. The van der Waals surface area contributed by atoms with Gasteiger partial charge in [-0.15, -0.1) is 0 Å². The zero-order valence-corrected chi connectivity index (χ0v) is 18.6. The van der Waals surface area contributed by atoms with Gasteiger partial charge in [-0.25, -0.2) is 17.4 Å². The minimum Gasteiger partial charge on any atom is -0.378 e. The van der Waals surface area contributed by atoms with E-state index in [-0.39, 0.29) is 10.9 Å². The molecule has 0 amide bonds. The fourth-order valence-electron chi connectivity index (χ4n) is 3.92. The third-order valence-corrected chi connectivity index (χ3v) is 7.35. The quantitative estimate of drug-likeness (QED) is 0.507. The molecule has 4 aromatic rings. The second kappa shape index (κ2) is 7.80. The van der Waals surface area contributed by atoms with E-state index >= 15 is 0 Å². The van der Waals surface area contributed by atoms with Crippen LogP contribution in [0.25, 0.3) is 22.2 Å². The molecule has 0 saturated carbocycles. The van der Waals surface area contributed by atoms with Crippen LogP contribution in [-0.2, 0) is 10.0 Å². The van der Waals surface area contributed by atoms with Crippen molar-refractivity contribution in [2.45, 2.75) is 10.9 Å². The van der Waals surface area contributed by atoms with E-state index in [1.807, 2.05) is 37.2 Å². The average molecular weight is 446 g/mol. The molecule has 1 unspecified atom stereocenters. The Morgan fingerprint density at radius 1 is 1.03 bits per heavy atom. The highest BCUT2D eigenvalue weighted by atomic mass is 32.2. The summed E-state index contributed by atoms with van der Waals surface area (Å²) in [6.07, 6.45) is 5.06. The lowest BCUT2D eigenvalue weighted by Gasteiger charge is -2.13. The Morgan fingerprint density at radius 3 is 2.44 bits per heavy atom. The van der Waals surface area contributed by atoms with Crippen LogP contribution in [0.2, 0.25) is 0 Å². The van der Waals surface area contributed by atoms with Gasteiger partial charge in [-0.3, -0.25) is 4.99 Å². The minimum absolute atomic E-state index is 0.0992. The number of nitrogens with zero attached hydrogens (tertiary/aromatic N) is 4. The Morgan fingerprint density at radius 2 is 1.78 bits per heavy atom. The molecule has 0 spiro atoms. The van der Waals surface area contributed by atoms with Gasteiger partial charge in [0.1, 0.15) is 0 Å². The number of aromatic nitrogens is 2. The molecule has 5 rings (SSSR count). The first-order valence-corrected chi connectivity index (χ1v) is 11.7. The summed E-state index contributed by atoms with van der Waals surface area (Å²) in [6.45, 7) is 0.548. The zero-order chi connectivity index (χ0) is 22.3. The fraction of sp³-hybridized carbons (Fsp3) is 0.167. The smallest absolute Gasteiger partial charge is 0.269 e. The van der Waals surface area contributed by atoms with Crippen molar-refractivity contribution in [2.75, 3.05) is 25.5 Å². The summed E-state index contributed by atoms with van der Waals surface area (Å²) in [5.74, 6) is 0. The minimum atomic E-state index is -3.79. The van der Waals surface area contributed by atoms with Crippen LogP contribution in [0.5, 0.6) is 0 Å². The average Bonchev–Trinajstić information content (AvgIpc) is 3.47. The number of rotatable bonds is 5. The maximum absolute atomic E-state index is 13.4. The van der Waals surface area contributed by atoms with E-state index in [2.05, 4.69) is 27.4 Å². The van der Waals surface area contributed by atoms with Crippen molar-refractivity contribution in [1.29, 1.82) is 0 Å². The summed E-state index contributed by atoms with van der Waals surface area (Å²) < 4.78 is 28.1. The molecule has 3 heterocycles. The van der Waals surface area contributed by atoms with Crippen molar-refractivity contribution in [1.82, 2.24) is 14.3 Å². The van der Waals surface area contributed by atoms with E-state index in [0.29, 0.717) is 12.2 Å². The topological polar surface area (TPSA) is 79.6 Å². The SMILES string of the molecule is CN(C)c1ccc(-c2cnc3c(c2)c(C2CN=CN2)cn3S(=O)(=O)c2ccccc2)cc1. The van der Waals surface area contributed by atoms with Crippen molar-refractivity contribution in [3.05, 3.63) is 78.6 Å². The first-order chi connectivity index (χ1) is 15.4. The Labute approximate surface area is 187 Å². The fourth-order valence-corrected chi connectivity index (χ4v) is 5.27. The van der Waals surface area contributed by atoms with Gasteiger partial charge in [-0.2, -0.15) is 0 Å². The van der Waals surface area contributed by atoms with Crippen molar-refractivity contribution in [2.24, 2.45) is 4.99 Å². The number of aliphatic imine (C=N–C) groups is 1. The van der Waals surface area contributed by atoms with Crippen LogP contribution < -0.4 is 10.2 Å². The van der Waals surface area contributed by atoms with Gasteiger partial charge in [0.2, 0.25) is 0 Å². The number of pyridine rings is 1. The van der Waals surface area contributed by atoms with Crippen molar-refractivity contribution >= 4 is 33.1 Å².